The molecule has 18 heavy (non-hydrogen) atoms. The predicted octanol–water partition coefficient (Wildman–Crippen LogP) is 3.88. The van der Waals surface area contributed by atoms with Crippen molar-refractivity contribution >= 4 is 39.7 Å². The second-order valence-electron chi connectivity index (χ2n) is 3.80. The van der Waals surface area contributed by atoms with Crippen molar-refractivity contribution < 1.29 is 4.21 Å². The maximum atomic E-state index is 12.1. The van der Waals surface area contributed by atoms with Gasteiger partial charge in [0.2, 0.25) is 0 Å². The molecular formula is C13H11Cl2NOS. The van der Waals surface area contributed by atoms with Crippen LogP contribution >= 0.6 is 23.2 Å². The van der Waals surface area contributed by atoms with E-state index in [1.807, 2.05) is 6.07 Å². The average molecular weight is 300 g/mol. The molecule has 0 heterocycles. The van der Waals surface area contributed by atoms with E-state index in [9.17, 15) is 4.21 Å². The first-order valence-electron chi connectivity index (χ1n) is 5.24. The monoisotopic (exact) mass is 299 g/mol. The summed E-state index contributed by atoms with van der Waals surface area (Å²) in [4.78, 5) is 0.743. The Kier molecular flexibility index (Phi) is 4.27. The Hall–Kier alpha value is -1.03. The molecule has 0 saturated carbocycles. The van der Waals surface area contributed by atoms with E-state index >= 15 is 0 Å². The summed E-state index contributed by atoms with van der Waals surface area (Å²) in [7, 11) is -1.11. The summed E-state index contributed by atoms with van der Waals surface area (Å²) in [6.45, 7) is 0. The summed E-state index contributed by atoms with van der Waals surface area (Å²) in [6.07, 6.45) is 0. The molecule has 0 spiro atoms. The first-order chi connectivity index (χ1) is 8.56. The van der Waals surface area contributed by atoms with Gasteiger partial charge in [-0.15, -0.1) is 0 Å². The number of anilines is 1. The van der Waals surface area contributed by atoms with Gasteiger partial charge >= 0.3 is 0 Å². The van der Waals surface area contributed by atoms with Crippen LogP contribution in [0.15, 0.2) is 47.4 Å². The molecule has 94 valence electrons. The van der Waals surface area contributed by atoms with Crippen LogP contribution in [0.3, 0.4) is 0 Å². The van der Waals surface area contributed by atoms with Crippen molar-refractivity contribution in [2.75, 3.05) is 5.73 Å². The Morgan fingerprint density at radius 2 is 1.72 bits per heavy atom. The summed E-state index contributed by atoms with van der Waals surface area (Å²) in [5, 5.41) is 1.14. The van der Waals surface area contributed by atoms with Crippen LogP contribution in [0.2, 0.25) is 10.0 Å². The van der Waals surface area contributed by atoms with E-state index in [-0.39, 0.29) is 0 Å². The highest BCUT2D eigenvalue weighted by Gasteiger charge is 2.06. The average Bonchev–Trinajstić information content (AvgIpc) is 2.34. The molecule has 2 aromatic carbocycles. The predicted molar refractivity (Wildman–Crippen MR) is 77.4 cm³/mol. The topological polar surface area (TPSA) is 43.1 Å². The normalized spacial score (nSPS) is 12.3. The molecule has 0 aliphatic heterocycles. The van der Waals surface area contributed by atoms with Crippen molar-refractivity contribution in [1.82, 2.24) is 0 Å². The summed E-state index contributed by atoms with van der Waals surface area (Å²) < 4.78 is 12.1. The number of hydrogen-bond donors (Lipinski definition) is 1. The standard InChI is InChI=1S/C13H11Cl2NOS/c14-10-2-4-11(5-3-10)18(17)8-9-1-6-12(15)13(16)7-9/h1-7H,8,16H2. The third kappa shape index (κ3) is 3.25. The molecule has 2 N–H and O–H groups in total. The van der Waals surface area contributed by atoms with Crippen molar-refractivity contribution in [3.05, 3.63) is 58.1 Å². The highest BCUT2D eigenvalue weighted by atomic mass is 35.5. The van der Waals surface area contributed by atoms with Gasteiger partial charge in [-0.05, 0) is 42.0 Å². The molecule has 2 aromatic rings. The number of hydrogen-bond acceptors (Lipinski definition) is 2. The van der Waals surface area contributed by atoms with Crippen LogP contribution in [-0.2, 0) is 16.6 Å². The summed E-state index contributed by atoms with van der Waals surface area (Å²) in [6, 6.07) is 12.3. The second-order valence-corrected chi connectivity index (χ2v) is 6.09. The van der Waals surface area contributed by atoms with E-state index in [4.69, 9.17) is 28.9 Å². The van der Waals surface area contributed by atoms with Crippen molar-refractivity contribution in [2.24, 2.45) is 0 Å². The summed E-state index contributed by atoms with van der Waals surface area (Å²) in [5.41, 5.74) is 7.10. The molecule has 2 nitrogen and oxygen atoms in total. The van der Waals surface area contributed by atoms with Crippen LogP contribution in [0.5, 0.6) is 0 Å². The molecular weight excluding hydrogens is 289 g/mol. The largest absolute Gasteiger partial charge is 0.398 e. The van der Waals surface area contributed by atoms with E-state index in [0.717, 1.165) is 10.5 Å². The Bertz CT molecular complexity index is 584. The van der Waals surface area contributed by atoms with Crippen molar-refractivity contribution in [3.8, 4) is 0 Å². The number of benzene rings is 2. The molecule has 0 aliphatic rings. The minimum Gasteiger partial charge on any atom is -0.398 e. The number of nitrogens with two attached hydrogens (primary N) is 1. The molecule has 0 radical (unpaired) electrons. The molecule has 0 amide bonds. The third-order valence-corrected chi connectivity index (χ3v) is 4.42. The van der Waals surface area contributed by atoms with Crippen LogP contribution in [0.25, 0.3) is 0 Å². The van der Waals surface area contributed by atoms with Crippen molar-refractivity contribution in [2.45, 2.75) is 10.6 Å². The Morgan fingerprint density at radius 3 is 2.33 bits per heavy atom. The van der Waals surface area contributed by atoms with Gasteiger partial charge < -0.3 is 5.73 Å². The highest BCUT2D eigenvalue weighted by Crippen LogP contribution is 2.22. The van der Waals surface area contributed by atoms with Gasteiger partial charge in [0.1, 0.15) is 0 Å². The van der Waals surface area contributed by atoms with Gasteiger partial charge in [0.15, 0.2) is 0 Å². The lowest BCUT2D eigenvalue weighted by molar-refractivity contribution is 0.682. The molecule has 1 atom stereocenters. The van der Waals surface area contributed by atoms with Gasteiger partial charge in [0.05, 0.1) is 27.3 Å². The van der Waals surface area contributed by atoms with Crippen LogP contribution in [0.4, 0.5) is 5.69 Å². The quantitative estimate of drug-likeness (QED) is 0.874. The molecule has 0 aromatic heterocycles. The molecule has 0 bridgehead atoms. The highest BCUT2D eigenvalue weighted by molar-refractivity contribution is 7.84. The maximum absolute atomic E-state index is 12.1. The zero-order valence-electron chi connectivity index (χ0n) is 9.40. The van der Waals surface area contributed by atoms with Gasteiger partial charge in [0.25, 0.3) is 0 Å². The zero-order chi connectivity index (χ0) is 13.1. The molecule has 0 saturated heterocycles. The SMILES string of the molecule is Nc1cc(CS(=O)c2ccc(Cl)cc2)ccc1Cl. The Labute approximate surface area is 118 Å². The third-order valence-electron chi connectivity index (χ3n) is 2.43. The van der Waals surface area contributed by atoms with Crippen molar-refractivity contribution in [3.63, 3.8) is 0 Å². The van der Waals surface area contributed by atoms with Gasteiger partial charge in [-0.1, -0.05) is 29.3 Å². The van der Waals surface area contributed by atoms with Gasteiger partial charge in [-0.25, -0.2) is 0 Å². The van der Waals surface area contributed by atoms with E-state index in [1.54, 1.807) is 36.4 Å². The zero-order valence-corrected chi connectivity index (χ0v) is 11.7. The molecule has 5 heteroatoms. The Morgan fingerprint density at radius 1 is 1.06 bits per heavy atom. The van der Waals surface area contributed by atoms with E-state index in [0.29, 0.717) is 21.5 Å². The lowest BCUT2D eigenvalue weighted by Crippen LogP contribution is -1.97. The number of rotatable bonds is 3. The number of nitrogen functional groups attached to an aromatic ring is 1. The van der Waals surface area contributed by atoms with E-state index in [1.165, 1.54) is 0 Å². The molecule has 0 aliphatic carbocycles. The maximum Gasteiger partial charge on any atom is 0.0635 e. The molecule has 2 rings (SSSR count). The first kappa shape index (κ1) is 13.4. The van der Waals surface area contributed by atoms with E-state index < -0.39 is 10.8 Å². The second kappa shape index (κ2) is 5.74. The fourth-order valence-electron chi connectivity index (χ4n) is 1.50. The lowest BCUT2D eigenvalue weighted by Gasteiger charge is -2.05. The summed E-state index contributed by atoms with van der Waals surface area (Å²) >= 11 is 11.6. The summed E-state index contributed by atoms with van der Waals surface area (Å²) in [5.74, 6) is 0.406. The minimum atomic E-state index is -1.11. The van der Waals surface area contributed by atoms with Gasteiger partial charge in [-0.3, -0.25) is 4.21 Å². The smallest absolute Gasteiger partial charge is 0.0635 e. The first-order valence-corrected chi connectivity index (χ1v) is 7.31. The minimum absolute atomic E-state index is 0.406. The fraction of sp³-hybridized carbons (Fsp3) is 0.0769. The van der Waals surface area contributed by atoms with Crippen LogP contribution < -0.4 is 5.73 Å². The van der Waals surface area contributed by atoms with Crippen LogP contribution in [-0.4, -0.2) is 4.21 Å². The number of halogens is 2. The molecule has 0 fully saturated rings. The van der Waals surface area contributed by atoms with Crippen LogP contribution in [0, 0.1) is 0 Å². The lowest BCUT2D eigenvalue weighted by atomic mass is 10.2. The Balaban J connectivity index is 2.16. The van der Waals surface area contributed by atoms with Crippen LogP contribution in [0.1, 0.15) is 5.56 Å². The van der Waals surface area contributed by atoms with E-state index in [2.05, 4.69) is 0 Å². The van der Waals surface area contributed by atoms with Crippen molar-refractivity contribution in [1.29, 1.82) is 0 Å². The van der Waals surface area contributed by atoms with Gasteiger partial charge in [-0.2, -0.15) is 0 Å². The van der Waals surface area contributed by atoms with Gasteiger partial charge in [0, 0.05) is 9.92 Å². The molecule has 1 unspecified atom stereocenters. The fourth-order valence-corrected chi connectivity index (χ4v) is 2.84.